The van der Waals surface area contributed by atoms with Gasteiger partial charge in [0.2, 0.25) is 5.91 Å². The second kappa shape index (κ2) is 7.57. The summed E-state index contributed by atoms with van der Waals surface area (Å²) < 4.78 is 0. The molecule has 0 spiro atoms. The van der Waals surface area contributed by atoms with Gasteiger partial charge in [0, 0.05) is 19.1 Å². The predicted molar refractivity (Wildman–Crippen MR) is 120 cm³/mol. The number of piperidine rings is 1. The van der Waals surface area contributed by atoms with Gasteiger partial charge in [-0.25, -0.2) is 0 Å². The largest absolute Gasteiger partial charge is 0.342 e. The Balaban J connectivity index is 0.00000205. The molecule has 4 saturated carbocycles. The molecule has 29 heavy (non-hydrogen) atoms. The van der Waals surface area contributed by atoms with Crippen LogP contribution in [0.1, 0.15) is 69.4 Å². The van der Waals surface area contributed by atoms with E-state index in [-0.39, 0.29) is 29.3 Å². The first-order valence-electron chi connectivity index (χ1n) is 11.5. The minimum Gasteiger partial charge on any atom is -0.342 e. The Labute approximate surface area is 182 Å². The molecule has 4 aliphatic carbocycles. The first-order chi connectivity index (χ1) is 13.4. The molecule has 6 rings (SSSR count). The van der Waals surface area contributed by atoms with Gasteiger partial charge < -0.3 is 10.6 Å². The van der Waals surface area contributed by atoms with E-state index < -0.39 is 0 Å². The van der Waals surface area contributed by atoms with Crippen molar-refractivity contribution in [1.82, 2.24) is 4.90 Å². The number of carbonyl (C=O) groups excluding carboxylic acids is 1. The minimum absolute atomic E-state index is 0. The van der Waals surface area contributed by atoms with Gasteiger partial charge in [0.1, 0.15) is 0 Å². The maximum Gasteiger partial charge on any atom is 0.228 e. The summed E-state index contributed by atoms with van der Waals surface area (Å²) in [5.74, 6) is 2.42. The summed E-state index contributed by atoms with van der Waals surface area (Å²) in [4.78, 5) is 16.1. The summed E-state index contributed by atoms with van der Waals surface area (Å²) in [6.07, 6.45) is 9.58. The first-order valence-corrected chi connectivity index (χ1v) is 11.5. The number of amides is 1. The normalized spacial score (nSPS) is 39.1. The van der Waals surface area contributed by atoms with Crippen molar-refractivity contribution >= 4 is 18.3 Å². The van der Waals surface area contributed by atoms with Crippen LogP contribution in [0.25, 0.3) is 0 Å². The lowest BCUT2D eigenvalue weighted by Crippen LogP contribution is -2.60. The molecule has 5 aliphatic rings. The van der Waals surface area contributed by atoms with Gasteiger partial charge in [0.25, 0.3) is 0 Å². The standard InChI is InChI=1S/C25H36N2O.ClH/c1-17-5-7-22(8-6-17)24-11-19-10-20(12-24)14-25(13-19,16-24)23(28)27-9-3-4-21(15-27)18(2)26;/h5-8,18-21H,3-4,9-16,26H2,1-2H3;1H. The van der Waals surface area contributed by atoms with Gasteiger partial charge in [-0.05, 0) is 93.9 Å². The molecule has 2 N–H and O–H groups in total. The van der Waals surface area contributed by atoms with Crippen molar-refractivity contribution in [3.8, 4) is 0 Å². The molecule has 160 valence electrons. The van der Waals surface area contributed by atoms with Gasteiger partial charge in [0.15, 0.2) is 0 Å². The van der Waals surface area contributed by atoms with Crippen LogP contribution in [-0.4, -0.2) is 29.9 Å². The number of rotatable bonds is 3. The zero-order chi connectivity index (χ0) is 19.5. The van der Waals surface area contributed by atoms with E-state index in [9.17, 15) is 4.79 Å². The zero-order valence-electron chi connectivity index (χ0n) is 18.0. The Bertz CT molecular complexity index is 745. The average Bonchev–Trinajstić information content (AvgIpc) is 2.67. The molecule has 0 radical (unpaired) electrons. The fourth-order valence-corrected chi connectivity index (χ4v) is 7.72. The molecule has 4 unspecified atom stereocenters. The highest BCUT2D eigenvalue weighted by atomic mass is 35.5. The summed E-state index contributed by atoms with van der Waals surface area (Å²) in [5.41, 5.74) is 9.17. The lowest BCUT2D eigenvalue weighted by molar-refractivity contribution is -0.162. The number of hydrogen-bond donors (Lipinski definition) is 1. The van der Waals surface area contributed by atoms with Crippen molar-refractivity contribution in [3.05, 3.63) is 35.4 Å². The monoisotopic (exact) mass is 416 g/mol. The molecule has 1 heterocycles. The maximum absolute atomic E-state index is 13.9. The average molecular weight is 417 g/mol. The molecule has 5 fully saturated rings. The molecule has 4 atom stereocenters. The van der Waals surface area contributed by atoms with Crippen molar-refractivity contribution in [2.24, 2.45) is 28.9 Å². The molecule has 1 amide bonds. The molecule has 0 aromatic heterocycles. The van der Waals surface area contributed by atoms with Gasteiger partial charge in [-0.15, -0.1) is 12.4 Å². The van der Waals surface area contributed by atoms with Crippen LogP contribution in [0.2, 0.25) is 0 Å². The predicted octanol–water partition coefficient (Wildman–Crippen LogP) is 4.84. The smallest absolute Gasteiger partial charge is 0.228 e. The Morgan fingerprint density at radius 1 is 1.14 bits per heavy atom. The third-order valence-corrected chi connectivity index (χ3v) is 8.67. The summed E-state index contributed by atoms with van der Waals surface area (Å²) in [5, 5.41) is 0. The van der Waals surface area contributed by atoms with E-state index in [2.05, 4.69) is 43.0 Å². The maximum atomic E-state index is 13.9. The molecule has 1 aromatic rings. The van der Waals surface area contributed by atoms with E-state index in [4.69, 9.17) is 5.73 Å². The van der Waals surface area contributed by atoms with Crippen LogP contribution in [0.3, 0.4) is 0 Å². The van der Waals surface area contributed by atoms with Crippen LogP contribution >= 0.6 is 12.4 Å². The van der Waals surface area contributed by atoms with Gasteiger partial charge in [-0.3, -0.25) is 4.79 Å². The third kappa shape index (κ3) is 3.53. The molecule has 1 saturated heterocycles. The highest BCUT2D eigenvalue weighted by Crippen LogP contribution is 2.66. The van der Waals surface area contributed by atoms with Crippen LogP contribution in [0.4, 0.5) is 0 Å². The Kier molecular flexibility index (Phi) is 5.53. The zero-order valence-corrected chi connectivity index (χ0v) is 18.8. The van der Waals surface area contributed by atoms with E-state index in [0.29, 0.717) is 11.8 Å². The molecule has 1 aromatic carbocycles. The molecular weight excluding hydrogens is 380 g/mol. The Morgan fingerprint density at radius 3 is 2.41 bits per heavy atom. The number of halogens is 1. The van der Waals surface area contributed by atoms with E-state index in [1.54, 1.807) is 0 Å². The number of carbonyl (C=O) groups is 1. The summed E-state index contributed by atoms with van der Waals surface area (Å²) in [7, 11) is 0. The van der Waals surface area contributed by atoms with Crippen molar-refractivity contribution in [2.45, 2.75) is 76.7 Å². The van der Waals surface area contributed by atoms with Crippen LogP contribution in [0.5, 0.6) is 0 Å². The van der Waals surface area contributed by atoms with E-state index in [0.717, 1.165) is 50.6 Å². The fraction of sp³-hybridized carbons (Fsp3) is 0.720. The highest BCUT2D eigenvalue weighted by Gasteiger charge is 2.61. The second-order valence-electron chi connectivity index (χ2n) is 10.9. The molecular formula is C25H37ClN2O. The van der Waals surface area contributed by atoms with Gasteiger partial charge in [0.05, 0.1) is 5.41 Å². The number of hydrogen-bond acceptors (Lipinski definition) is 2. The van der Waals surface area contributed by atoms with E-state index in [1.807, 2.05) is 0 Å². The van der Waals surface area contributed by atoms with Crippen LogP contribution in [0.15, 0.2) is 24.3 Å². The number of benzene rings is 1. The number of likely N-dealkylation sites (tertiary alicyclic amines) is 1. The van der Waals surface area contributed by atoms with E-state index in [1.165, 1.54) is 36.8 Å². The van der Waals surface area contributed by atoms with Crippen molar-refractivity contribution in [1.29, 1.82) is 0 Å². The lowest BCUT2D eigenvalue weighted by Gasteiger charge is -2.62. The van der Waals surface area contributed by atoms with Crippen molar-refractivity contribution in [2.75, 3.05) is 13.1 Å². The van der Waals surface area contributed by atoms with Gasteiger partial charge in [-0.2, -0.15) is 0 Å². The van der Waals surface area contributed by atoms with Crippen LogP contribution in [-0.2, 0) is 10.2 Å². The number of nitrogens with zero attached hydrogens (tertiary/aromatic N) is 1. The van der Waals surface area contributed by atoms with Gasteiger partial charge in [-0.1, -0.05) is 29.8 Å². The summed E-state index contributed by atoms with van der Waals surface area (Å²) in [6.45, 7) is 6.09. The Morgan fingerprint density at radius 2 is 1.79 bits per heavy atom. The summed E-state index contributed by atoms with van der Waals surface area (Å²) in [6, 6.07) is 9.42. The van der Waals surface area contributed by atoms with Crippen molar-refractivity contribution in [3.63, 3.8) is 0 Å². The fourth-order valence-electron chi connectivity index (χ4n) is 7.72. The highest BCUT2D eigenvalue weighted by molar-refractivity contribution is 5.85. The molecule has 3 nitrogen and oxygen atoms in total. The third-order valence-electron chi connectivity index (χ3n) is 8.67. The Hall–Kier alpha value is -1.06. The number of aryl methyl sites for hydroxylation is 1. The van der Waals surface area contributed by atoms with E-state index >= 15 is 0 Å². The van der Waals surface area contributed by atoms with Gasteiger partial charge >= 0.3 is 0 Å². The van der Waals surface area contributed by atoms with Crippen molar-refractivity contribution < 1.29 is 4.79 Å². The molecule has 4 heteroatoms. The lowest BCUT2D eigenvalue weighted by atomic mass is 9.42. The molecule has 1 aliphatic heterocycles. The van der Waals surface area contributed by atoms with Crippen LogP contribution in [0, 0.1) is 30.1 Å². The second-order valence-corrected chi connectivity index (χ2v) is 10.9. The summed E-state index contributed by atoms with van der Waals surface area (Å²) >= 11 is 0. The number of nitrogens with two attached hydrogens (primary N) is 1. The quantitative estimate of drug-likeness (QED) is 0.766. The van der Waals surface area contributed by atoms with Crippen LogP contribution < -0.4 is 5.73 Å². The molecule has 4 bridgehead atoms. The SMILES string of the molecule is Cc1ccc(C23CC4CC(CC(C(=O)N5CCCC(C(C)N)C5)(C4)C2)C3)cc1.Cl. The minimum atomic E-state index is -0.102. The first kappa shape index (κ1) is 21.2. The topological polar surface area (TPSA) is 46.3 Å².